The maximum atomic E-state index is 14.0. The number of aromatic nitrogens is 4. The monoisotopic (exact) mass is 629 g/mol. The predicted molar refractivity (Wildman–Crippen MR) is 154 cm³/mol. The number of likely N-dealkylation sites (tertiary alicyclic amines) is 1. The van der Waals surface area contributed by atoms with Crippen LogP contribution in [0.1, 0.15) is 45.4 Å². The zero-order valence-corrected chi connectivity index (χ0v) is 24.8. The number of cyclic esters (lactones) is 1. The van der Waals surface area contributed by atoms with Crippen molar-refractivity contribution in [3.63, 3.8) is 0 Å². The number of carbonyl (C=O) groups is 4. The molecule has 3 aliphatic heterocycles. The van der Waals surface area contributed by atoms with Gasteiger partial charge in [0, 0.05) is 30.8 Å². The quantitative estimate of drug-likeness (QED) is 0.251. The minimum absolute atomic E-state index is 0.201. The van der Waals surface area contributed by atoms with Gasteiger partial charge in [0.2, 0.25) is 6.10 Å². The normalized spacial score (nSPS) is 23.8. The molecule has 242 valence electrons. The molecule has 0 aromatic carbocycles. The van der Waals surface area contributed by atoms with Crippen LogP contribution in [0, 0.1) is 0 Å². The highest BCUT2D eigenvalue weighted by Crippen LogP contribution is 2.33. The number of ether oxygens (including phenoxy) is 4. The van der Waals surface area contributed by atoms with Gasteiger partial charge in [-0.25, -0.2) is 24.0 Å². The van der Waals surface area contributed by atoms with Crippen LogP contribution in [-0.4, -0.2) is 93.5 Å². The number of unbranched alkanes of at least 4 members (excludes halogenated alkanes) is 1. The standard InChI is InChI=1S/C28H35N7O10/c1-2-3-16-41-26-31-24(29)23-25(32-26)34-27(40)35(23)45-22(39)11-10-21(38)44-28(34)18(42-19(36)8-9-20(37)43-28)17-30-12-7-15-33-13-5-4-6-14-33/h8-11,18,30H,2-7,12-17H2,1H3,(H2,29,31,32)/b9-8-,11-10-. The van der Waals surface area contributed by atoms with Crippen molar-refractivity contribution in [1.29, 1.82) is 0 Å². The van der Waals surface area contributed by atoms with Gasteiger partial charge in [0.25, 0.3) is 0 Å². The van der Waals surface area contributed by atoms with Gasteiger partial charge in [-0.2, -0.15) is 14.5 Å². The van der Waals surface area contributed by atoms with Crippen molar-refractivity contribution in [3.8, 4) is 6.01 Å². The molecular formula is C28H35N7O10. The molecule has 2 bridgehead atoms. The maximum Gasteiger partial charge on any atom is 0.392 e. The minimum Gasteiger partial charge on any atom is -0.463 e. The molecule has 0 radical (unpaired) electrons. The number of hydrogen-bond donors (Lipinski definition) is 2. The second-order valence-corrected chi connectivity index (χ2v) is 10.6. The Kier molecular flexibility index (Phi) is 9.77. The van der Waals surface area contributed by atoms with Crippen LogP contribution in [0.5, 0.6) is 6.01 Å². The summed E-state index contributed by atoms with van der Waals surface area (Å²) in [6.07, 6.45) is 7.00. The molecule has 2 atom stereocenters. The minimum atomic E-state index is -2.80. The Bertz CT molecular complexity index is 1580. The van der Waals surface area contributed by atoms with Gasteiger partial charge in [-0.1, -0.05) is 19.8 Å². The van der Waals surface area contributed by atoms with Crippen LogP contribution in [0.25, 0.3) is 11.2 Å². The largest absolute Gasteiger partial charge is 0.463 e. The van der Waals surface area contributed by atoms with Gasteiger partial charge in [0.05, 0.1) is 6.61 Å². The Balaban J connectivity index is 1.61. The van der Waals surface area contributed by atoms with Crippen molar-refractivity contribution in [2.75, 3.05) is 45.1 Å². The number of carbonyl (C=O) groups excluding carboxylic acids is 4. The first-order valence-corrected chi connectivity index (χ1v) is 14.8. The van der Waals surface area contributed by atoms with E-state index in [4.69, 9.17) is 29.5 Å². The van der Waals surface area contributed by atoms with Gasteiger partial charge in [-0.3, -0.25) is 0 Å². The smallest absolute Gasteiger partial charge is 0.392 e. The lowest BCUT2D eigenvalue weighted by atomic mass is 10.1. The molecule has 17 nitrogen and oxygen atoms in total. The van der Waals surface area contributed by atoms with E-state index in [1.54, 1.807) is 0 Å². The summed E-state index contributed by atoms with van der Waals surface area (Å²) in [5.74, 6) is -7.64. The van der Waals surface area contributed by atoms with Gasteiger partial charge in [-0.05, 0) is 51.9 Å². The lowest BCUT2D eigenvalue weighted by Crippen LogP contribution is -2.60. The topological polar surface area (TPSA) is 208 Å². The van der Waals surface area contributed by atoms with Crippen LogP contribution in [-0.2, 0) is 39.3 Å². The van der Waals surface area contributed by atoms with Crippen LogP contribution < -0.4 is 26.3 Å². The number of nitrogens with one attached hydrogen (secondary N) is 1. The molecule has 45 heavy (non-hydrogen) atoms. The molecule has 3 aliphatic rings. The number of hydrogen-bond acceptors (Lipinski definition) is 15. The molecule has 0 saturated carbocycles. The first-order valence-electron chi connectivity index (χ1n) is 14.8. The Morgan fingerprint density at radius 3 is 2.36 bits per heavy atom. The average Bonchev–Trinajstić information content (AvgIpc) is 3.28. The summed E-state index contributed by atoms with van der Waals surface area (Å²) in [6.45, 7) is 5.20. The number of nitrogen functional groups attached to an aromatic ring is 1. The van der Waals surface area contributed by atoms with Gasteiger partial charge in [-0.15, -0.1) is 4.73 Å². The first kappa shape index (κ1) is 31.6. The van der Waals surface area contributed by atoms with E-state index >= 15 is 0 Å². The number of nitrogens with zero attached hydrogens (tertiary/aromatic N) is 5. The van der Waals surface area contributed by atoms with E-state index in [0.29, 0.717) is 34.4 Å². The third kappa shape index (κ3) is 6.99. The molecule has 3 N–H and O–H groups in total. The van der Waals surface area contributed by atoms with Crippen molar-refractivity contribution in [1.82, 2.24) is 29.5 Å². The molecule has 1 fully saturated rings. The first-order chi connectivity index (χ1) is 21.7. The Morgan fingerprint density at radius 1 is 0.956 bits per heavy atom. The number of piperidine rings is 1. The third-order valence-electron chi connectivity index (χ3n) is 7.35. The second kappa shape index (κ2) is 13.9. The number of nitrogens with two attached hydrogens (primary N) is 1. The molecule has 2 aromatic heterocycles. The van der Waals surface area contributed by atoms with Crippen molar-refractivity contribution < 1.29 is 43.0 Å². The molecule has 1 spiro atoms. The predicted octanol–water partition coefficient (Wildman–Crippen LogP) is -0.477. The molecule has 0 amide bonds. The molecule has 0 aliphatic carbocycles. The lowest BCUT2D eigenvalue weighted by molar-refractivity contribution is -0.303. The van der Waals surface area contributed by atoms with Crippen molar-refractivity contribution in [2.45, 2.75) is 57.5 Å². The fraction of sp³-hybridized carbons (Fsp3) is 0.536. The number of fused-ring (bicyclic) bond motifs is 6. The van der Waals surface area contributed by atoms with Crippen molar-refractivity contribution in [2.24, 2.45) is 0 Å². The second-order valence-electron chi connectivity index (χ2n) is 10.6. The van der Waals surface area contributed by atoms with Gasteiger partial charge >= 0.3 is 41.5 Å². The van der Waals surface area contributed by atoms with E-state index in [9.17, 15) is 24.0 Å². The maximum absolute atomic E-state index is 14.0. The highest BCUT2D eigenvalue weighted by molar-refractivity contribution is 5.94. The van der Waals surface area contributed by atoms with E-state index < -0.39 is 47.2 Å². The number of imidazole rings is 1. The Labute approximate surface area is 256 Å². The Hall–Kier alpha value is -4.77. The lowest BCUT2D eigenvalue weighted by Gasteiger charge is -2.38. The number of rotatable bonds is 10. The van der Waals surface area contributed by atoms with Crippen molar-refractivity contribution in [3.05, 3.63) is 34.8 Å². The van der Waals surface area contributed by atoms with E-state index in [0.717, 1.165) is 57.5 Å². The zero-order valence-electron chi connectivity index (χ0n) is 24.8. The summed E-state index contributed by atoms with van der Waals surface area (Å²) in [4.78, 5) is 81.2. The summed E-state index contributed by atoms with van der Waals surface area (Å²) in [5.41, 5.74) is 4.26. The number of esters is 3. The van der Waals surface area contributed by atoms with E-state index in [1.807, 2.05) is 6.92 Å². The average molecular weight is 630 g/mol. The van der Waals surface area contributed by atoms with Crippen LogP contribution in [0.15, 0.2) is 29.1 Å². The van der Waals surface area contributed by atoms with Gasteiger partial charge in [0.15, 0.2) is 17.0 Å². The van der Waals surface area contributed by atoms with Gasteiger partial charge in [0.1, 0.15) is 0 Å². The summed E-state index contributed by atoms with van der Waals surface area (Å²) in [6, 6.07) is -0.262. The fourth-order valence-electron chi connectivity index (χ4n) is 5.21. The summed E-state index contributed by atoms with van der Waals surface area (Å²) in [5, 5.41) is 3.14. The summed E-state index contributed by atoms with van der Waals surface area (Å²) in [7, 11) is 0. The highest BCUT2D eigenvalue weighted by Gasteiger charge is 2.55. The van der Waals surface area contributed by atoms with E-state index in [1.165, 1.54) is 6.42 Å². The van der Waals surface area contributed by atoms with E-state index in [-0.39, 0.29) is 30.5 Å². The molecule has 2 unspecified atom stereocenters. The highest BCUT2D eigenvalue weighted by atomic mass is 16.8. The van der Waals surface area contributed by atoms with E-state index in [2.05, 4.69) is 20.2 Å². The molecule has 5 heterocycles. The van der Waals surface area contributed by atoms with Crippen LogP contribution in [0.3, 0.4) is 0 Å². The summed E-state index contributed by atoms with van der Waals surface area (Å²) < 4.78 is 23.7. The molecule has 2 aromatic rings. The zero-order chi connectivity index (χ0) is 32.0. The van der Waals surface area contributed by atoms with Crippen LogP contribution >= 0.6 is 0 Å². The molecule has 5 rings (SSSR count). The SMILES string of the molecule is CCCCOc1nc(N)c2c(n1)n1c(=O)n2OC(=O)/C=C\C(=O)OC12OC(=O)/C=C\C(=O)OC2CNCCCN1CCCCC1. The Morgan fingerprint density at radius 2 is 1.64 bits per heavy atom. The fourth-order valence-corrected chi connectivity index (χ4v) is 5.21. The van der Waals surface area contributed by atoms with Gasteiger partial charge < -0.3 is 39.7 Å². The third-order valence-corrected chi connectivity index (χ3v) is 7.35. The van der Waals surface area contributed by atoms with Crippen molar-refractivity contribution >= 4 is 40.9 Å². The van der Waals surface area contributed by atoms with Crippen LogP contribution in [0.4, 0.5) is 5.82 Å². The molecule has 17 heteroatoms. The molecule has 1 saturated heterocycles. The molecular weight excluding hydrogens is 594 g/mol. The number of anilines is 1. The summed E-state index contributed by atoms with van der Waals surface area (Å²) >= 11 is 0. The van der Waals surface area contributed by atoms with Crippen LogP contribution in [0.2, 0.25) is 0 Å².